The first kappa shape index (κ1) is 20.3. The number of nitrogens with one attached hydrogen (secondary N) is 2. The maximum atomic E-state index is 12.1. The quantitative estimate of drug-likeness (QED) is 0.594. The summed E-state index contributed by atoms with van der Waals surface area (Å²) in [7, 11) is 3.17. The second-order valence-corrected chi connectivity index (χ2v) is 6.95. The molecular weight excluding hydrogens is 390 g/mol. The maximum Gasteiger partial charge on any atom is 0.245 e. The third kappa shape index (κ3) is 5.55. The molecule has 0 saturated heterocycles. The van der Waals surface area contributed by atoms with E-state index in [1.54, 1.807) is 26.4 Å². The van der Waals surface area contributed by atoms with Crippen molar-refractivity contribution in [2.45, 2.75) is 6.42 Å². The fourth-order valence-corrected chi connectivity index (χ4v) is 3.38. The van der Waals surface area contributed by atoms with E-state index in [0.29, 0.717) is 22.3 Å². The second-order valence-electron chi connectivity index (χ2n) is 6.09. The Hall–Kier alpha value is -3.39. The van der Waals surface area contributed by atoms with Crippen molar-refractivity contribution in [3.63, 3.8) is 0 Å². The number of methoxy groups -OCH3 is 2. The van der Waals surface area contributed by atoms with Crippen LogP contribution in [0.4, 0.5) is 5.13 Å². The highest BCUT2D eigenvalue weighted by atomic mass is 32.1. The molecule has 0 fully saturated rings. The van der Waals surface area contributed by atoms with Crippen LogP contribution in [0.2, 0.25) is 0 Å². The normalized spacial score (nSPS) is 10.3. The minimum atomic E-state index is -0.343. The van der Waals surface area contributed by atoms with Gasteiger partial charge in [0.05, 0.1) is 32.9 Å². The average molecular weight is 411 g/mol. The Bertz CT molecular complexity index is 989. The zero-order chi connectivity index (χ0) is 20.6. The van der Waals surface area contributed by atoms with Gasteiger partial charge in [-0.15, -0.1) is 11.3 Å². The summed E-state index contributed by atoms with van der Waals surface area (Å²) in [5.74, 6) is 0.778. The van der Waals surface area contributed by atoms with Crippen LogP contribution in [0, 0.1) is 0 Å². The van der Waals surface area contributed by atoms with Crippen LogP contribution < -0.4 is 20.1 Å². The monoisotopic (exact) mass is 411 g/mol. The number of nitrogens with zero attached hydrogens (tertiary/aromatic N) is 1. The van der Waals surface area contributed by atoms with Gasteiger partial charge < -0.3 is 20.1 Å². The molecule has 2 N–H and O–H groups in total. The number of amides is 2. The molecule has 0 spiro atoms. The highest BCUT2D eigenvalue weighted by Gasteiger charge is 2.13. The van der Waals surface area contributed by atoms with Crippen LogP contribution in [0.3, 0.4) is 0 Å². The average Bonchev–Trinajstić information content (AvgIpc) is 3.20. The molecule has 0 bridgehead atoms. The first-order valence-corrected chi connectivity index (χ1v) is 9.75. The van der Waals surface area contributed by atoms with Crippen molar-refractivity contribution in [2.75, 3.05) is 26.1 Å². The molecule has 1 aromatic heterocycles. The highest BCUT2D eigenvalue weighted by molar-refractivity contribution is 7.14. The Morgan fingerprint density at radius 3 is 2.55 bits per heavy atom. The molecule has 2 amide bonds. The van der Waals surface area contributed by atoms with Crippen molar-refractivity contribution in [1.29, 1.82) is 0 Å². The second kappa shape index (κ2) is 9.70. The molecule has 0 aliphatic heterocycles. The van der Waals surface area contributed by atoms with Crippen LogP contribution in [0.15, 0.2) is 53.9 Å². The van der Waals surface area contributed by atoms with Crippen molar-refractivity contribution in [3.05, 3.63) is 59.5 Å². The maximum absolute atomic E-state index is 12.1. The molecule has 2 aromatic carbocycles. The summed E-state index contributed by atoms with van der Waals surface area (Å²) in [5, 5.41) is 7.57. The lowest BCUT2D eigenvalue weighted by Crippen LogP contribution is -2.33. The van der Waals surface area contributed by atoms with E-state index in [2.05, 4.69) is 15.6 Å². The minimum absolute atomic E-state index is 0.122. The van der Waals surface area contributed by atoms with Crippen molar-refractivity contribution in [3.8, 4) is 22.8 Å². The zero-order valence-corrected chi connectivity index (χ0v) is 16.9. The number of carbonyl (C=O) groups excluding carboxylic acids is 2. The van der Waals surface area contributed by atoms with Crippen LogP contribution in [0.5, 0.6) is 11.5 Å². The first-order valence-electron chi connectivity index (χ1n) is 8.87. The molecule has 0 unspecified atom stereocenters. The SMILES string of the molecule is COc1ccc(OC)c(-c2csc(NC(=O)CNC(=O)Cc3ccccc3)n2)c1. The van der Waals surface area contributed by atoms with Gasteiger partial charge in [-0.3, -0.25) is 9.59 Å². The molecule has 0 aliphatic rings. The number of anilines is 1. The molecule has 7 nitrogen and oxygen atoms in total. The Morgan fingerprint density at radius 1 is 1.03 bits per heavy atom. The topological polar surface area (TPSA) is 89.5 Å². The number of carbonyl (C=O) groups is 2. The van der Waals surface area contributed by atoms with Crippen LogP contribution >= 0.6 is 11.3 Å². The Labute approximate surface area is 172 Å². The molecule has 0 aliphatic carbocycles. The number of hydrogen-bond donors (Lipinski definition) is 2. The predicted molar refractivity (Wildman–Crippen MR) is 112 cm³/mol. The Morgan fingerprint density at radius 2 is 1.83 bits per heavy atom. The summed E-state index contributed by atoms with van der Waals surface area (Å²) in [6.07, 6.45) is 0.227. The van der Waals surface area contributed by atoms with Gasteiger partial charge in [-0.25, -0.2) is 4.98 Å². The molecular formula is C21H21N3O4S. The number of thiazole rings is 1. The van der Waals surface area contributed by atoms with Gasteiger partial charge in [0.1, 0.15) is 11.5 Å². The molecule has 0 radical (unpaired) electrons. The summed E-state index contributed by atoms with van der Waals surface area (Å²) in [6, 6.07) is 14.8. The highest BCUT2D eigenvalue weighted by Crippen LogP contribution is 2.34. The molecule has 3 aromatic rings. The van der Waals surface area contributed by atoms with E-state index in [1.807, 2.05) is 41.8 Å². The van der Waals surface area contributed by atoms with Crippen LogP contribution in [-0.2, 0) is 16.0 Å². The number of hydrogen-bond acceptors (Lipinski definition) is 6. The molecule has 0 saturated carbocycles. The van der Waals surface area contributed by atoms with Crippen LogP contribution in [0.1, 0.15) is 5.56 Å². The number of rotatable bonds is 8. The summed E-state index contributed by atoms with van der Waals surface area (Å²) in [6.45, 7) is -0.122. The number of benzene rings is 2. The Balaban J connectivity index is 1.57. The predicted octanol–water partition coefficient (Wildman–Crippen LogP) is 3.12. The van der Waals surface area contributed by atoms with E-state index in [0.717, 1.165) is 11.1 Å². The molecule has 29 heavy (non-hydrogen) atoms. The van der Waals surface area contributed by atoms with Crippen LogP contribution in [0.25, 0.3) is 11.3 Å². The van der Waals surface area contributed by atoms with Gasteiger partial charge in [0.25, 0.3) is 0 Å². The summed E-state index contributed by atoms with van der Waals surface area (Å²) in [4.78, 5) is 28.5. The van der Waals surface area contributed by atoms with Gasteiger partial charge in [0.15, 0.2) is 5.13 Å². The van der Waals surface area contributed by atoms with E-state index in [-0.39, 0.29) is 24.8 Å². The fourth-order valence-electron chi connectivity index (χ4n) is 2.66. The third-order valence-corrected chi connectivity index (χ3v) is 4.84. The first-order chi connectivity index (χ1) is 14.1. The number of ether oxygens (including phenoxy) is 2. The van der Waals surface area contributed by atoms with Gasteiger partial charge in [-0.05, 0) is 23.8 Å². The lowest BCUT2D eigenvalue weighted by molar-refractivity contribution is -0.123. The van der Waals surface area contributed by atoms with Crippen molar-refractivity contribution >= 4 is 28.3 Å². The Kier molecular flexibility index (Phi) is 6.80. The lowest BCUT2D eigenvalue weighted by atomic mass is 10.1. The zero-order valence-electron chi connectivity index (χ0n) is 16.1. The lowest BCUT2D eigenvalue weighted by Gasteiger charge is -2.08. The summed E-state index contributed by atoms with van der Waals surface area (Å²) in [5.41, 5.74) is 2.32. The fraction of sp³-hybridized carbons (Fsp3) is 0.190. The van der Waals surface area contributed by atoms with Crippen molar-refractivity contribution in [1.82, 2.24) is 10.3 Å². The van der Waals surface area contributed by atoms with E-state index < -0.39 is 0 Å². The molecule has 0 atom stereocenters. The van der Waals surface area contributed by atoms with E-state index in [4.69, 9.17) is 9.47 Å². The minimum Gasteiger partial charge on any atom is -0.497 e. The molecule has 3 rings (SSSR count). The van der Waals surface area contributed by atoms with Gasteiger partial charge in [-0.1, -0.05) is 30.3 Å². The molecule has 8 heteroatoms. The van der Waals surface area contributed by atoms with Crippen molar-refractivity contribution in [2.24, 2.45) is 0 Å². The number of aromatic nitrogens is 1. The smallest absolute Gasteiger partial charge is 0.245 e. The summed E-state index contributed by atoms with van der Waals surface area (Å²) >= 11 is 1.29. The summed E-state index contributed by atoms with van der Waals surface area (Å²) < 4.78 is 10.6. The van der Waals surface area contributed by atoms with Crippen LogP contribution in [-0.4, -0.2) is 37.6 Å². The third-order valence-electron chi connectivity index (χ3n) is 4.09. The van der Waals surface area contributed by atoms with E-state index in [9.17, 15) is 9.59 Å². The molecule has 1 heterocycles. The standard InChI is InChI=1S/C21H21N3O4S/c1-27-15-8-9-18(28-2)16(11-15)17-13-29-21(23-17)24-20(26)12-22-19(25)10-14-6-4-3-5-7-14/h3-9,11,13H,10,12H2,1-2H3,(H,22,25)(H,23,24,26). The van der Waals surface area contributed by atoms with E-state index >= 15 is 0 Å². The van der Waals surface area contributed by atoms with Gasteiger partial charge in [0.2, 0.25) is 11.8 Å². The van der Waals surface area contributed by atoms with Gasteiger partial charge >= 0.3 is 0 Å². The molecule has 150 valence electrons. The van der Waals surface area contributed by atoms with Crippen molar-refractivity contribution < 1.29 is 19.1 Å². The van der Waals surface area contributed by atoms with Gasteiger partial charge in [-0.2, -0.15) is 0 Å². The largest absolute Gasteiger partial charge is 0.497 e. The van der Waals surface area contributed by atoms with E-state index in [1.165, 1.54) is 11.3 Å². The van der Waals surface area contributed by atoms with Gasteiger partial charge in [0, 0.05) is 10.9 Å².